The maximum atomic E-state index is 13.1. The molecule has 34 heavy (non-hydrogen) atoms. The van der Waals surface area contributed by atoms with Crippen LogP contribution in [0.1, 0.15) is 11.1 Å². The third-order valence-electron chi connectivity index (χ3n) is 5.04. The molecule has 0 bridgehead atoms. The number of carbonyl (C=O) groups is 3. The van der Waals surface area contributed by atoms with Crippen LogP contribution in [0.5, 0.6) is 11.5 Å². The molecule has 0 radical (unpaired) electrons. The molecule has 7 nitrogen and oxygen atoms in total. The zero-order valence-corrected chi connectivity index (χ0v) is 19.4. The molecule has 1 heterocycles. The summed E-state index contributed by atoms with van der Waals surface area (Å²) in [6.07, 6.45) is 1.39. The lowest BCUT2D eigenvalue weighted by atomic mass is 10.1. The Bertz CT molecular complexity index is 1300. The Morgan fingerprint density at radius 3 is 2.41 bits per heavy atom. The first kappa shape index (κ1) is 23.4. The molecule has 0 unspecified atom stereocenters. The smallest absolute Gasteiger partial charge is 0.335 e. The number of amides is 4. The van der Waals surface area contributed by atoms with Crippen molar-refractivity contribution in [2.75, 3.05) is 12.0 Å². The Hall–Kier alpha value is -3.81. The standard InChI is InChI=1S/C25H18Cl2N2O5/c1-33-22-5-3-2-4-15(22)12-20-23(30)28-25(32)29(24(20)31)18-8-10-19(11-9-18)34-14-16-6-7-17(26)13-21(16)27/h2-13H,14H2,1H3,(H,28,30,32)/b20-12+. The number of hydrogen-bond acceptors (Lipinski definition) is 5. The lowest BCUT2D eigenvalue weighted by molar-refractivity contribution is -0.122. The number of halogens is 2. The number of barbiturate groups is 1. The Morgan fingerprint density at radius 2 is 1.71 bits per heavy atom. The molecule has 3 aromatic rings. The fourth-order valence-electron chi connectivity index (χ4n) is 3.32. The fraction of sp³-hybridized carbons (Fsp3) is 0.0800. The number of para-hydroxylation sites is 1. The van der Waals surface area contributed by atoms with E-state index in [1.54, 1.807) is 66.7 Å². The van der Waals surface area contributed by atoms with Crippen molar-refractivity contribution in [1.29, 1.82) is 0 Å². The van der Waals surface area contributed by atoms with Gasteiger partial charge in [0.15, 0.2) is 0 Å². The molecule has 3 aromatic carbocycles. The highest BCUT2D eigenvalue weighted by atomic mass is 35.5. The molecule has 1 aliphatic heterocycles. The molecule has 0 saturated carbocycles. The number of carbonyl (C=O) groups excluding carboxylic acids is 3. The van der Waals surface area contributed by atoms with Crippen LogP contribution in [0.3, 0.4) is 0 Å². The van der Waals surface area contributed by atoms with Gasteiger partial charge in [0, 0.05) is 21.2 Å². The van der Waals surface area contributed by atoms with E-state index < -0.39 is 17.8 Å². The van der Waals surface area contributed by atoms with E-state index in [2.05, 4.69) is 5.32 Å². The summed E-state index contributed by atoms with van der Waals surface area (Å²) in [6.45, 7) is 0.207. The highest BCUT2D eigenvalue weighted by Crippen LogP contribution is 2.27. The number of imide groups is 2. The quantitative estimate of drug-likeness (QED) is 0.372. The van der Waals surface area contributed by atoms with Crippen molar-refractivity contribution in [3.05, 3.63) is 93.5 Å². The minimum atomic E-state index is -0.839. The fourth-order valence-corrected chi connectivity index (χ4v) is 3.79. The second-order valence-electron chi connectivity index (χ2n) is 7.22. The van der Waals surface area contributed by atoms with Crippen LogP contribution >= 0.6 is 23.2 Å². The Morgan fingerprint density at radius 1 is 0.971 bits per heavy atom. The minimum Gasteiger partial charge on any atom is -0.496 e. The summed E-state index contributed by atoms with van der Waals surface area (Å²) in [7, 11) is 1.49. The molecular weight excluding hydrogens is 479 g/mol. The zero-order chi connectivity index (χ0) is 24.2. The molecule has 9 heteroatoms. The van der Waals surface area contributed by atoms with Crippen molar-refractivity contribution >= 4 is 52.8 Å². The van der Waals surface area contributed by atoms with E-state index in [0.717, 1.165) is 10.5 Å². The number of urea groups is 1. The predicted molar refractivity (Wildman–Crippen MR) is 129 cm³/mol. The number of nitrogens with one attached hydrogen (secondary N) is 1. The van der Waals surface area contributed by atoms with E-state index in [0.29, 0.717) is 27.1 Å². The Kier molecular flexibility index (Phi) is 6.86. The summed E-state index contributed by atoms with van der Waals surface area (Å²) >= 11 is 12.1. The molecule has 0 spiro atoms. The van der Waals surface area contributed by atoms with E-state index in [-0.39, 0.29) is 17.9 Å². The Balaban J connectivity index is 1.54. The maximum absolute atomic E-state index is 13.1. The summed E-state index contributed by atoms with van der Waals surface area (Å²) in [5.41, 5.74) is 1.37. The average molecular weight is 497 g/mol. The van der Waals surface area contributed by atoms with Crippen molar-refractivity contribution in [2.24, 2.45) is 0 Å². The van der Waals surface area contributed by atoms with Gasteiger partial charge in [-0.05, 0) is 48.5 Å². The second-order valence-corrected chi connectivity index (χ2v) is 8.06. The van der Waals surface area contributed by atoms with Crippen molar-refractivity contribution in [1.82, 2.24) is 5.32 Å². The first-order valence-corrected chi connectivity index (χ1v) is 10.8. The third kappa shape index (κ3) is 4.90. The van der Waals surface area contributed by atoms with Crippen LogP contribution < -0.4 is 19.7 Å². The number of methoxy groups -OCH3 is 1. The minimum absolute atomic E-state index is 0.193. The number of benzene rings is 3. The van der Waals surface area contributed by atoms with Crippen molar-refractivity contribution < 1.29 is 23.9 Å². The van der Waals surface area contributed by atoms with E-state index in [1.807, 2.05) is 0 Å². The van der Waals surface area contributed by atoms with Gasteiger partial charge >= 0.3 is 6.03 Å². The molecule has 0 aliphatic carbocycles. The molecule has 4 amide bonds. The monoisotopic (exact) mass is 496 g/mol. The molecule has 0 atom stereocenters. The van der Waals surface area contributed by atoms with Crippen LogP contribution in [0.25, 0.3) is 6.08 Å². The maximum Gasteiger partial charge on any atom is 0.335 e. The largest absolute Gasteiger partial charge is 0.496 e. The lowest BCUT2D eigenvalue weighted by Gasteiger charge is -2.26. The van der Waals surface area contributed by atoms with Crippen LogP contribution in [-0.2, 0) is 16.2 Å². The summed E-state index contributed by atoms with van der Waals surface area (Å²) in [6, 6.07) is 17.5. The summed E-state index contributed by atoms with van der Waals surface area (Å²) in [5, 5.41) is 3.21. The lowest BCUT2D eigenvalue weighted by Crippen LogP contribution is -2.54. The van der Waals surface area contributed by atoms with Gasteiger partial charge < -0.3 is 9.47 Å². The van der Waals surface area contributed by atoms with Crippen molar-refractivity contribution in [2.45, 2.75) is 6.61 Å². The van der Waals surface area contributed by atoms with E-state index in [4.69, 9.17) is 32.7 Å². The van der Waals surface area contributed by atoms with Crippen LogP contribution in [0.15, 0.2) is 72.3 Å². The zero-order valence-electron chi connectivity index (χ0n) is 17.9. The van der Waals surface area contributed by atoms with E-state index in [9.17, 15) is 14.4 Å². The van der Waals surface area contributed by atoms with Crippen LogP contribution in [0.2, 0.25) is 10.0 Å². The average Bonchev–Trinajstić information content (AvgIpc) is 2.82. The van der Waals surface area contributed by atoms with Gasteiger partial charge in [0.2, 0.25) is 0 Å². The second kappa shape index (κ2) is 9.99. The molecule has 0 aromatic heterocycles. The van der Waals surface area contributed by atoms with Crippen LogP contribution in [0, 0.1) is 0 Å². The normalized spacial score (nSPS) is 14.9. The van der Waals surface area contributed by atoms with Crippen LogP contribution in [-0.4, -0.2) is 25.0 Å². The third-order valence-corrected chi connectivity index (χ3v) is 5.63. The molecule has 1 fully saturated rings. The number of rotatable bonds is 6. The number of anilines is 1. The van der Waals surface area contributed by atoms with Crippen LogP contribution in [0.4, 0.5) is 10.5 Å². The SMILES string of the molecule is COc1ccccc1/C=C1\C(=O)NC(=O)N(c2ccc(OCc3ccc(Cl)cc3Cl)cc2)C1=O. The number of hydrogen-bond donors (Lipinski definition) is 1. The van der Waals surface area contributed by atoms with E-state index in [1.165, 1.54) is 13.2 Å². The number of ether oxygens (including phenoxy) is 2. The first-order valence-electron chi connectivity index (χ1n) is 10.1. The van der Waals surface area contributed by atoms with Gasteiger partial charge in [-0.3, -0.25) is 14.9 Å². The topological polar surface area (TPSA) is 84.9 Å². The summed E-state index contributed by atoms with van der Waals surface area (Å²) < 4.78 is 11.0. The first-order chi connectivity index (χ1) is 16.4. The Labute approximate surface area is 205 Å². The van der Waals surface area contributed by atoms with Gasteiger partial charge in [0.1, 0.15) is 23.7 Å². The van der Waals surface area contributed by atoms with Gasteiger partial charge in [0.25, 0.3) is 11.8 Å². The summed E-state index contributed by atoms with van der Waals surface area (Å²) in [4.78, 5) is 38.8. The van der Waals surface area contributed by atoms with Gasteiger partial charge in [-0.2, -0.15) is 0 Å². The molecule has 1 N–H and O–H groups in total. The molecule has 4 rings (SSSR count). The van der Waals surface area contributed by atoms with Gasteiger partial charge in [-0.1, -0.05) is 47.5 Å². The highest BCUT2D eigenvalue weighted by molar-refractivity contribution is 6.39. The van der Waals surface area contributed by atoms with Crippen molar-refractivity contribution in [3.63, 3.8) is 0 Å². The molecule has 172 valence electrons. The van der Waals surface area contributed by atoms with Gasteiger partial charge in [0.05, 0.1) is 12.8 Å². The molecular formula is C25H18Cl2N2O5. The van der Waals surface area contributed by atoms with Gasteiger partial charge in [-0.15, -0.1) is 0 Å². The molecule has 1 saturated heterocycles. The van der Waals surface area contributed by atoms with Crippen molar-refractivity contribution in [3.8, 4) is 11.5 Å². The number of nitrogens with zero attached hydrogens (tertiary/aromatic N) is 1. The van der Waals surface area contributed by atoms with Gasteiger partial charge in [-0.25, -0.2) is 9.69 Å². The summed E-state index contributed by atoms with van der Waals surface area (Å²) in [5.74, 6) is -0.542. The molecule has 1 aliphatic rings. The highest BCUT2D eigenvalue weighted by Gasteiger charge is 2.37. The predicted octanol–water partition coefficient (Wildman–Crippen LogP) is 5.25. The van der Waals surface area contributed by atoms with E-state index >= 15 is 0 Å².